The van der Waals surface area contributed by atoms with Crippen LogP contribution < -0.4 is 5.32 Å². The molecule has 1 heterocycles. The van der Waals surface area contributed by atoms with E-state index in [-0.39, 0.29) is 24.3 Å². The molecular formula is C13H22N2O3. The summed E-state index contributed by atoms with van der Waals surface area (Å²) >= 11 is 0. The summed E-state index contributed by atoms with van der Waals surface area (Å²) in [4.78, 5) is 25.7. The Bertz CT molecular complexity index is 324. The fraction of sp³-hybridized carbons (Fsp3) is 0.846. The second-order valence-electron chi connectivity index (χ2n) is 5.48. The zero-order valence-electron chi connectivity index (χ0n) is 10.9. The molecule has 2 aliphatic rings. The Morgan fingerprint density at radius 1 is 1.50 bits per heavy atom. The molecule has 2 amide bonds. The van der Waals surface area contributed by atoms with Crippen LogP contribution in [-0.4, -0.2) is 47.1 Å². The molecule has 2 atom stereocenters. The van der Waals surface area contributed by atoms with E-state index < -0.39 is 6.10 Å². The summed E-state index contributed by atoms with van der Waals surface area (Å²) in [6, 6.07) is 0.354. The van der Waals surface area contributed by atoms with Gasteiger partial charge in [-0.05, 0) is 19.8 Å². The lowest BCUT2D eigenvalue weighted by molar-refractivity contribution is -0.130. The summed E-state index contributed by atoms with van der Waals surface area (Å²) in [5.41, 5.74) is 0. The maximum atomic E-state index is 11.9. The first kappa shape index (κ1) is 13.3. The third-order valence-electron chi connectivity index (χ3n) is 3.87. The lowest BCUT2D eigenvalue weighted by Crippen LogP contribution is -2.38. The molecule has 0 aromatic rings. The van der Waals surface area contributed by atoms with Crippen molar-refractivity contribution < 1.29 is 14.7 Å². The van der Waals surface area contributed by atoms with E-state index in [0.29, 0.717) is 19.0 Å². The van der Waals surface area contributed by atoms with Crippen LogP contribution in [0.3, 0.4) is 0 Å². The molecule has 0 aromatic carbocycles. The quantitative estimate of drug-likeness (QED) is 0.757. The van der Waals surface area contributed by atoms with Crippen molar-refractivity contribution >= 4 is 11.8 Å². The van der Waals surface area contributed by atoms with Crippen LogP contribution in [-0.2, 0) is 9.59 Å². The summed E-state index contributed by atoms with van der Waals surface area (Å²) in [7, 11) is 0. The molecule has 1 saturated heterocycles. The molecule has 1 aliphatic carbocycles. The summed E-state index contributed by atoms with van der Waals surface area (Å²) in [5, 5.41) is 11.8. The molecule has 2 rings (SSSR count). The lowest BCUT2D eigenvalue weighted by atomic mass is 10.1. The molecule has 0 spiro atoms. The van der Waals surface area contributed by atoms with Crippen LogP contribution in [0.2, 0.25) is 0 Å². The minimum absolute atomic E-state index is 0.107. The van der Waals surface area contributed by atoms with Crippen LogP contribution in [0.15, 0.2) is 0 Å². The number of nitrogens with one attached hydrogen (secondary N) is 1. The van der Waals surface area contributed by atoms with Gasteiger partial charge in [-0.3, -0.25) is 9.59 Å². The first-order valence-electron chi connectivity index (χ1n) is 6.83. The molecule has 2 unspecified atom stereocenters. The standard InChI is InChI=1S/C13H22N2O3/c1-9(16)7-14-13(18)10-6-12(17)15(8-10)11-4-2-3-5-11/h9-11,16H,2-8H2,1H3,(H,14,18). The molecule has 0 radical (unpaired) electrons. The van der Waals surface area contributed by atoms with E-state index >= 15 is 0 Å². The first-order chi connectivity index (χ1) is 8.58. The fourth-order valence-corrected chi connectivity index (χ4v) is 2.87. The zero-order chi connectivity index (χ0) is 13.1. The van der Waals surface area contributed by atoms with Crippen molar-refractivity contribution in [2.24, 2.45) is 5.92 Å². The van der Waals surface area contributed by atoms with Crippen molar-refractivity contribution in [3.63, 3.8) is 0 Å². The number of hydrogen-bond acceptors (Lipinski definition) is 3. The van der Waals surface area contributed by atoms with E-state index in [2.05, 4.69) is 5.32 Å². The Morgan fingerprint density at radius 3 is 2.78 bits per heavy atom. The van der Waals surface area contributed by atoms with Gasteiger partial charge < -0.3 is 15.3 Å². The number of likely N-dealkylation sites (tertiary alicyclic amines) is 1. The molecule has 5 nitrogen and oxygen atoms in total. The summed E-state index contributed by atoms with van der Waals surface area (Å²) in [5.74, 6) is -0.235. The maximum absolute atomic E-state index is 11.9. The number of rotatable bonds is 4. The topological polar surface area (TPSA) is 69.6 Å². The zero-order valence-corrected chi connectivity index (χ0v) is 10.9. The molecule has 18 heavy (non-hydrogen) atoms. The van der Waals surface area contributed by atoms with Gasteiger partial charge in [0.25, 0.3) is 0 Å². The SMILES string of the molecule is CC(O)CNC(=O)C1CC(=O)N(C2CCCC2)C1. The van der Waals surface area contributed by atoms with E-state index in [1.807, 2.05) is 4.90 Å². The monoisotopic (exact) mass is 254 g/mol. The molecule has 0 aromatic heterocycles. The van der Waals surface area contributed by atoms with Crippen LogP contribution in [0, 0.1) is 5.92 Å². The normalized spacial score (nSPS) is 26.7. The molecule has 2 N–H and O–H groups in total. The Labute approximate surface area is 108 Å². The third kappa shape index (κ3) is 3.02. The van der Waals surface area contributed by atoms with Crippen molar-refractivity contribution in [1.82, 2.24) is 10.2 Å². The molecule has 5 heteroatoms. The van der Waals surface area contributed by atoms with Crippen LogP contribution in [0.1, 0.15) is 39.0 Å². The van der Waals surface area contributed by atoms with E-state index in [0.717, 1.165) is 12.8 Å². The average molecular weight is 254 g/mol. The van der Waals surface area contributed by atoms with Crippen molar-refractivity contribution in [3.05, 3.63) is 0 Å². The van der Waals surface area contributed by atoms with Gasteiger partial charge in [0.2, 0.25) is 11.8 Å². The van der Waals surface area contributed by atoms with Gasteiger partial charge in [0.05, 0.1) is 12.0 Å². The van der Waals surface area contributed by atoms with Gasteiger partial charge in [0, 0.05) is 25.6 Å². The summed E-state index contributed by atoms with van der Waals surface area (Å²) < 4.78 is 0. The minimum atomic E-state index is -0.544. The van der Waals surface area contributed by atoms with Gasteiger partial charge in [-0.1, -0.05) is 12.8 Å². The van der Waals surface area contributed by atoms with Gasteiger partial charge in [-0.25, -0.2) is 0 Å². The minimum Gasteiger partial charge on any atom is -0.392 e. The maximum Gasteiger partial charge on any atom is 0.225 e. The Morgan fingerprint density at radius 2 is 2.17 bits per heavy atom. The molecule has 102 valence electrons. The second kappa shape index (κ2) is 5.69. The number of aliphatic hydroxyl groups excluding tert-OH is 1. The van der Waals surface area contributed by atoms with E-state index in [9.17, 15) is 9.59 Å². The number of nitrogens with zero attached hydrogens (tertiary/aromatic N) is 1. The average Bonchev–Trinajstić information content (AvgIpc) is 2.94. The van der Waals surface area contributed by atoms with Crippen LogP contribution in [0.5, 0.6) is 0 Å². The molecule has 0 bridgehead atoms. The highest BCUT2D eigenvalue weighted by molar-refractivity contribution is 5.89. The number of carbonyl (C=O) groups is 2. The van der Waals surface area contributed by atoms with Crippen molar-refractivity contribution in [2.75, 3.05) is 13.1 Å². The van der Waals surface area contributed by atoms with Crippen molar-refractivity contribution in [1.29, 1.82) is 0 Å². The van der Waals surface area contributed by atoms with Gasteiger partial charge >= 0.3 is 0 Å². The summed E-state index contributed by atoms with van der Waals surface area (Å²) in [6.45, 7) is 2.44. The number of hydrogen-bond donors (Lipinski definition) is 2. The highest BCUT2D eigenvalue weighted by atomic mass is 16.3. The number of aliphatic hydroxyl groups is 1. The van der Waals surface area contributed by atoms with E-state index in [1.54, 1.807) is 6.92 Å². The molecule has 2 fully saturated rings. The third-order valence-corrected chi connectivity index (χ3v) is 3.87. The van der Waals surface area contributed by atoms with Gasteiger partial charge in [0.15, 0.2) is 0 Å². The van der Waals surface area contributed by atoms with Crippen LogP contribution in [0.25, 0.3) is 0 Å². The van der Waals surface area contributed by atoms with Crippen LogP contribution in [0.4, 0.5) is 0 Å². The molecule has 1 saturated carbocycles. The predicted octanol–water partition coefficient (Wildman–Crippen LogP) is 0.274. The Kier molecular flexibility index (Phi) is 4.22. The smallest absolute Gasteiger partial charge is 0.225 e. The van der Waals surface area contributed by atoms with Crippen LogP contribution >= 0.6 is 0 Å². The van der Waals surface area contributed by atoms with Gasteiger partial charge in [-0.15, -0.1) is 0 Å². The lowest BCUT2D eigenvalue weighted by Gasteiger charge is -2.23. The van der Waals surface area contributed by atoms with Gasteiger partial charge in [0.1, 0.15) is 0 Å². The molecular weight excluding hydrogens is 232 g/mol. The summed E-state index contributed by atoms with van der Waals surface area (Å²) in [6.07, 6.45) is 4.31. The number of amides is 2. The van der Waals surface area contributed by atoms with E-state index in [4.69, 9.17) is 5.11 Å². The first-order valence-corrected chi connectivity index (χ1v) is 6.83. The Hall–Kier alpha value is -1.10. The van der Waals surface area contributed by atoms with Crippen molar-refractivity contribution in [3.8, 4) is 0 Å². The largest absolute Gasteiger partial charge is 0.392 e. The van der Waals surface area contributed by atoms with Crippen molar-refractivity contribution in [2.45, 2.75) is 51.2 Å². The Balaban J connectivity index is 1.85. The highest BCUT2D eigenvalue weighted by Gasteiger charge is 2.38. The second-order valence-corrected chi connectivity index (χ2v) is 5.48. The predicted molar refractivity (Wildman–Crippen MR) is 66.8 cm³/mol. The fourth-order valence-electron chi connectivity index (χ4n) is 2.87. The highest BCUT2D eigenvalue weighted by Crippen LogP contribution is 2.29. The number of carbonyl (C=O) groups excluding carboxylic acids is 2. The van der Waals surface area contributed by atoms with Gasteiger partial charge in [-0.2, -0.15) is 0 Å². The molecule has 1 aliphatic heterocycles. The van der Waals surface area contributed by atoms with E-state index in [1.165, 1.54) is 12.8 Å².